The first-order chi connectivity index (χ1) is 13.0. The van der Waals surface area contributed by atoms with Gasteiger partial charge in [-0.3, -0.25) is 9.59 Å². The first-order valence-electron chi connectivity index (χ1n) is 9.02. The second-order valence-corrected chi connectivity index (χ2v) is 6.64. The van der Waals surface area contributed by atoms with E-state index < -0.39 is 0 Å². The maximum absolute atomic E-state index is 12.9. The zero-order valence-electron chi connectivity index (χ0n) is 15.3. The fourth-order valence-corrected chi connectivity index (χ4v) is 3.07. The summed E-state index contributed by atoms with van der Waals surface area (Å²) in [4.78, 5) is 26.3. The van der Waals surface area contributed by atoms with E-state index in [1.807, 2.05) is 24.3 Å². The van der Waals surface area contributed by atoms with Crippen molar-refractivity contribution in [1.82, 2.24) is 5.32 Å². The molecule has 3 rings (SSSR count). The number of carbonyl (C=O) groups is 2. The second-order valence-electron chi connectivity index (χ2n) is 6.64. The molecule has 1 aliphatic heterocycles. The Morgan fingerprint density at radius 3 is 2.33 bits per heavy atom. The maximum Gasteiger partial charge on any atom is 0.251 e. The summed E-state index contributed by atoms with van der Waals surface area (Å²) >= 11 is 0. The van der Waals surface area contributed by atoms with E-state index in [0.717, 1.165) is 24.1 Å². The molecule has 1 fully saturated rings. The number of ether oxygens (including phenoxy) is 1. The number of carbonyl (C=O) groups excluding carboxylic acids is 2. The van der Waals surface area contributed by atoms with Gasteiger partial charge in [0.05, 0.1) is 0 Å². The van der Waals surface area contributed by atoms with E-state index in [0.29, 0.717) is 25.3 Å². The predicted octanol–water partition coefficient (Wildman–Crippen LogP) is 3.15. The van der Waals surface area contributed by atoms with Crippen LogP contribution in [0.3, 0.4) is 0 Å². The number of halogens is 1. The molecule has 0 aromatic heterocycles. The molecule has 1 saturated heterocycles. The van der Waals surface area contributed by atoms with E-state index >= 15 is 0 Å². The summed E-state index contributed by atoms with van der Waals surface area (Å²) in [7, 11) is 1.78. The Morgan fingerprint density at radius 1 is 1.07 bits per heavy atom. The van der Waals surface area contributed by atoms with Gasteiger partial charge in [0.25, 0.3) is 5.91 Å². The number of benzene rings is 2. The van der Waals surface area contributed by atoms with Gasteiger partial charge in [0, 0.05) is 44.0 Å². The summed E-state index contributed by atoms with van der Waals surface area (Å²) in [5.74, 6) is -0.512. The van der Waals surface area contributed by atoms with Crippen LogP contribution >= 0.6 is 0 Å². The summed E-state index contributed by atoms with van der Waals surface area (Å²) < 4.78 is 18.2. The fraction of sp³-hybridized carbons (Fsp3) is 0.333. The maximum atomic E-state index is 12.9. The van der Waals surface area contributed by atoms with Crippen LogP contribution in [0.15, 0.2) is 48.5 Å². The highest BCUT2D eigenvalue weighted by molar-refractivity contribution is 5.95. The number of hydrogen-bond donors (Lipinski definition) is 1. The molecule has 2 amide bonds. The SMILES string of the molecule is CN(C(=O)C1CCOCC1)c1ccc(CNC(=O)c2ccc(F)cc2)cc1. The third-order valence-corrected chi connectivity index (χ3v) is 4.78. The minimum absolute atomic E-state index is 0.0124. The summed E-state index contributed by atoms with van der Waals surface area (Å²) in [5.41, 5.74) is 2.15. The van der Waals surface area contributed by atoms with Crippen molar-refractivity contribution in [2.24, 2.45) is 5.92 Å². The lowest BCUT2D eigenvalue weighted by atomic mass is 9.98. The summed E-state index contributed by atoms with van der Waals surface area (Å²) in [6.45, 7) is 1.63. The fourth-order valence-electron chi connectivity index (χ4n) is 3.07. The number of amides is 2. The van der Waals surface area contributed by atoms with Crippen molar-refractivity contribution in [1.29, 1.82) is 0 Å². The third-order valence-electron chi connectivity index (χ3n) is 4.78. The van der Waals surface area contributed by atoms with Gasteiger partial charge in [0.15, 0.2) is 0 Å². The zero-order chi connectivity index (χ0) is 19.2. The van der Waals surface area contributed by atoms with Crippen molar-refractivity contribution >= 4 is 17.5 Å². The topological polar surface area (TPSA) is 58.6 Å². The van der Waals surface area contributed by atoms with Crippen LogP contribution in [-0.4, -0.2) is 32.1 Å². The van der Waals surface area contributed by atoms with Crippen LogP contribution in [0.5, 0.6) is 0 Å². The summed E-state index contributed by atoms with van der Waals surface area (Å²) in [6, 6.07) is 12.9. The lowest BCUT2D eigenvalue weighted by molar-refractivity contribution is -0.124. The van der Waals surface area contributed by atoms with Crippen LogP contribution in [0, 0.1) is 11.7 Å². The van der Waals surface area contributed by atoms with E-state index in [1.165, 1.54) is 24.3 Å². The normalized spacial score (nSPS) is 14.6. The van der Waals surface area contributed by atoms with Crippen LogP contribution in [0.2, 0.25) is 0 Å². The van der Waals surface area contributed by atoms with Gasteiger partial charge in [-0.1, -0.05) is 12.1 Å². The number of rotatable bonds is 5. The largest absolute Gasteiger partial charge is 0.381 e. The van der Waals surface area contributed by atoms with E-state index in [4.69, 9.17) is 4.74 Å². The smallest absolute Gasteiger partial charge is 0.251 e. The van der Waals surface area contributed by atoms with Gasteiger partial charge in [-0.2, -0.15) is 0 Å². The lowest BCUT2D eigenvalue weighted by Crippen LogP contribution is -2.35. The molecule has 0 unspecified atom stereocenters. The van der Waals surface area contributed by atoms with Crippen molar-refractivity contribution in [2.75, 3.05) is 25.2 Å². The molecule has 0 atom stereocenters. The molecule has 1 aliphatic rings. The molecular formula is C21H23FN2O3. The van der Waals surface area contributed by atoms with Gasteiger partial charge in [-0.05, 0) is 54.8 Å². The van der Waals surface area contributed by atoms with Crippen LogP contribution in [0.4, 0.5) is 10.1 Å². The Balaban J connectivity index is 1.55. The van der Waals surface area contributed by atoms with Gasteiger partial charge in [0.1, 0.15) is 5.82 Å². The van der Waals surface area contributed by atoms with E-state index in [1.54, 1.807) is 11.9 Å². The van der Waals surface area contributed by atoms with Gasteiger partial charge >= 0.3 is 0 Å². The van der Waals surface area contributed by atoms with Gasteiger partial charge in [0.2, 0.25) is 5.91 Å². The number of hydrogen-bond acceptors (Lipinski definition) is 3. The Kier molecular flexibility index (Phi) is 6.19. The molecule has 0 spiro atoms. The van der Waals surface area contributed by atoms with Crippen LogP contribution < -0.4 is 10.2 Å². The van der Waals surface area contributed by atoms with Crippen molar-refractivity contribution in [3.8, 4) is 0 Å². The molecule has 2 aromatic rings. The molecule has 1 N–H and O–H groups in total. The highest BCUT2D eigenvalue weighted by Crippen LogP contribution is 2.21. The molecule has 1 heterocycles. The first kappa shape index (κ1) is 19.0. The van der Waals surface area contributed by atoms with Crippen molar-refractivity contribution < 1.29 is 18.7 Å². The highest BCUT2D eigenvalue weighted by Gasteiger charge is 2.25. The molecule has 142 valence electrons. The minimum atomic E-state index is -0.374. The first-order valence-corrected chi connectivity index (χ1v) is 9.02. The molecule has 5 nitrogen and oxygen atoms in total. The van der Waals surface area contributed by atoms with E-state index in [2.05, 4.69) is 5.32 Å². The molecule has 0 bridgehead atoms. The van der Waals surface area contributed by atoms with Crippen LogP contribution in [-0.2, 0) is 16.1 Å². The Bertz CT molecular complexity index is 784. The third kappa shape index (κ3) is 4.92. The molecule has 0 radical (unpaired) electrons. The molecule has 0 aliphatic carbocycles. The molecular weight excluding hydrogens is 347 g/mol. The number of nitrogens with zero attached hydrogens (tertiary/aromatic N) is 1. The van der Waals surface area contributed by atoms with Crippen molar-refractivity contribution in [2.45, 2.75) is 19.4 Å². The zero-order valence-corrected chi connectivity index (χ0v) is 15.3. The van der Waals surface area contributed by atoms with Crippen molar-refractivity contribution in [3.05, 3.63) is 65.5 Å². The predicted molar refractivity (Wildman–Crippen MR) is 101 cm³/mol. The van der Waals surface area contributed by atoms with Gasteiger partial charge in [-0.25, -0.2) is 4.39 Å². The monoisotopic (exact) mass is 370 g/mol. The Hall–Kier alpha value is -2.73. The number of nitrogens with one attached hydrogen (secondary N) is 1. The Labute approximate surface area is 158 Å². The van der Waals surface area contributed by atoms with E-state index in [-0.39, 0.29) is 23.5 Å². The summed E-state index contributed by atoms with van der Waals surface area (Å²) in [6.07, 6.45) is 1.52. The molecule has 0 saturated carbocycles. The van der Waals surface area contributed by atoms with Gasteiger partial charge in [-0.15, -0.1) is 0 Å². The lowest BCUT2D eigenvalue weighted by Gasteiger charge is -2.26. The van der Waals surface area contributed by atoms with Gasteiger partial charge < -0.3 is 15.0 Å². The highest BCUT2D eigenvalue weighted by atomic mass is 19.1. The average molecular weight is 370 g/mol. The van der Waals surface area contributed by atoms with E-state index in [9.17, 15) is 14.0 Å². The summed E-state index contributed by atoms with van der Waals surface area (Å²) in [5, 5.41) is 2.80. The number of anilines is 1. The molecule has 6 heteroatoms. The van der Waals surface area contributed by atoms with Crippen LogP contribution in [0.25, 0.3) is 0 Å². The van der Waals surface area contributed by atoms with Crippen LogP contribution in [0.1, 0.15) is 28.8 Å². The standard InChI is InChI=1S/C21H23FN2O3/c1-24(21(26)17-10-12-27-13-11-17)19-8-2-15(3-9-19)14-23-20(25)16-4-6-18(22)7-5-16/h2-9,17H,10-14H2,1H3,(H,23,25). The second kappa shape index (κ2) is 8.77. The van der Waals surface area contributed by atoms with Crippen molar-refractivity contribution in [3.63, 3.8) is 0 Å². The average Bonchev–Trinajstić information content (AvgIpc) is 2.72. The molecule has 2 aromatic carbocycles. The molecule has 27 heavy (non-hydrogen) atoms. The Morgan fingerprint density at radius 2 is 1.70 bits per heavy atom. The quantitative estimate of drug-likeness (QED) is 0.880. The minimum Gasteiger partial charge on any atom is -0.381 e.